The zero-order valence-corrected chi connectivity index (χ0v) is 37.0. The molecule has 0 radical (unpaired) electrons. The third-order valence-electron chi connectivity index (χ3n) is 12.3. The molecule has 23 heteroatoms. The molecule has 0 bridgehead atoms. The van der Waals surface area contributed by atoms with Crippen molar-refractivity contribution < 1.29 is 52.8 Å². The van der Waals surface area contributed by atoms with Crippen LogP contribution in [0.25, 0.3) is 41.8 Å². The van der Waals surface area contributed by atoms with E-state index < -0.39 is 98.0 Å². The molecule has 3 aliphatic heterocycles. The summed E-state index contributed by atoms with van der Waals surface area (Å²) in [5.74, 6) is 0. The Labute approximate surface area is 395 Å². The van der Waals surface area contributed by atoms with Crippen molar-refractivity contribution in [3.8, 4) is 0 Å². The topological polar surface area (TPSA) is 319 Å². The fourth-order valence-electron chi connectivity index (χ4n) is 8.96. The number of nitrogens with zero attached hydrogens (tertiary/aromatic N) is 12. The van der Waals surface area contributed by atoms with Crippen LogP contribution in [-0.4, -0.2) is 115 Å². The molecular formula is C46H50N12O11. The molecule has 1 aliphatic carbocycles. The Bertz CT molecular complexity index is 2450. The Kier molecular flexibility index (Phi) is 17.3. The van der Waals surface area contributed by atoms with Crippen molar-refractivity contribution in [2.75, 3.05) is 13.2 Å². The Morgan fingerprint density at radius 1 is 0.536 bits per heavy atom. The van der Waals surface area contributed by atoms with Gasteiger partial charge in [0.05, 0.1) is 69.4 Å². The van der Waals surface area contributed by atoms with Crippen LogP contribution in [0, 0.1) is 0 Å². The number of aliphatic hydroxyl groups is 2. The average Bonchev–Trinajstić information content (AvgIpc) is 3.38. The second-order valence-corrected chi connectivity index (χ2v) is 16.6. The monoisotopic (exact) mass is 946 g/mol. The Morgan fingerprint density at radius 2 is 1.04 bits per heavy atom. The molecule has 360 valence electrons. The van der Waals surface area contributed by atoms with E-state index in [-0.39, 0.29) is 39.4 Å². The molecule has 8 rings (SSSR count). The lowest BCUT2D eigenvalue weighted by molar-refractivity contribution is -0.363. The van der Waals surface area contributed by atoms with Crippen molar-refractivity contribution in [1.29, 1.82) is 0 Å². The molecular weight excluding hydrogens is 897 g/mol. The van der Waals surface area contributed by atoms with Crippen LogP contribution in [-0.2, 0) is 62.5 Å². The molecule has 23 nitrogen and oxygen atoms in total. The van der Waals surface area contributed by atoms with Crippen molar-refractivity contribution in [1.82, 2.24) is 0 Å². The summed E-state index contributed by atoms with van der Waals surface area (Å²) in [5.41, 5.74) is 42.0. The van der Waals surface area contributed by atoms with Crippen molar-refractivity contribution in [3.63, 3.8) is 0 Å². The van der Waals surface area contributed by atoms with Crippen LogP contribution >= 0.6 is 0 Å². The summed E-state index contributed by atoms with van der Waals surface area (Å²) in [5, 5.41) is 40.3. The van der Waals surface area contributed by atoms with Crippen LogP contribution in [0.5, 0.6) is 0 Å². The number of ether oxygens (including phenoxy) is 9. The quantitative estimate of drug-likeness (QED) is 0.0525. The van der Waals surface area contributed by atoms with Gasteiger partial charge < -0.3 is 52.8 Å². The number of azide groups is 4. The fourth-order valence-corrected chi connectivity index (χ4v) is 8.96. The average molecular weight is 947 g/mol. The second-order valence-electron chi connectivity index (χ2n) is 16.6. The molecule has 0 amide bonds. The molecule has 3 saturated heterocycles. The Morgan fingerprint density at radius 3 is 1.58 bits per heavy atom. The zero-order valence-electron chi connectivity index (χ0n) is 37.0. The molecule has 2 N–H and O–H groups in total. The van der Waals surface area contributed by atoms with E-state index in [4.69, 9.17) is 42.6 Å². The van der Waals surface area contributed by atoms with E-state index >= 15 is 0 Å². The molecule has 1 unspecified atom stereocenters. The molecule has 3 heterocycles. The van der Waals surface area contributed by atoms with Crippen molar-refractivity contribution >= 4 is 0 Å². The molecule has 4 aliphatic rings. The third kappa shape index (κ3) is 12.1. The number of hydrogen-bond acceptors (Lipinski definition) is 15. The minimum Gasteiger partial charge on any atom is -0.388 e. The number of fused-ring (bicyclic) bond motifs is 1. The minimum absolute atomic E-state index is 0.0113. The molecule has 0 spiro atoms. The summed E-state index contributed by atoms with van der Waals surface area (Å²) in [4.78, 5) is 12.1. The third-order valence-corrected chi connectivity index (χ3v) is 12.3. The summed E-state index contributed by atoms with van der Waals surface area (Å²) in [6.07, 6.45) is -16.7. The van der Waals surface area contributed by atoms with Crippen LogP contribution < -0.4 is 0 Å². The van der Waals surface area contributed by atoms with Crippen LogP contribution in [0.4, 0.5) is 0 Å². The van der Waals surface area contributed by atoms with Crippen molar-refractivity contribution in [2.45, 2.75) is 124 Å². The minimum atomic E-state index is -1.79. The lowest BCUT2D eigenvalue weighted by Gasteiger charge is -2.50. The molecule has 4 fully saturated rings. The number of rotatable bonds is 19. The Hall–Kier alpha value is -6.32. The van der Waals surface area contributed by atoms with Crippen molar-refractivity contribution in [2.24, 2.45) is 20.5 Å². The zero-order chi connectivity index (χ0) is 48.0. The van der Waals surface area contributed by atoms with E-state index in [2.05, 4.69) is 40.1 Å². The van der Waals surface area contributed by atoms with Gasteiger partial charge in [-0.05, 0) is 45.2 Å². The number of hydrogen-bond donors (Lipinski definition) is 2. The normalized spacial score (nSPS) is 33.0. The van der Waals surface area contributed by atoms with Gasteiger partial charge in [-0.1, -0.05) is 142 Å². The summed E-state index contributed by atoms with van der Waals surface area (Å²) in [6.45, 7) is -0.177. The molecule has 1 saturated carbocycles. The Balaban J connectivity index is 1.09. The molecule has 16 atom stereocenters. The van der Waals surface area contributed by atoms with Gasteiger partial charge in [-0.3, -0.25) is 0 Å². The summed E-state index contributed by atoms with van der Waals surface area (Å²) in [6, 6.07) is 33.4. The van der Waals surface area contributed by atoms with E-state index in [9.17, 15) is 32.3 Å². The molecule has 4 aromatic carbocycles. The summed E-state index contributed by atoms with van der Waals surface area (Å²) < 4.78 is 57.6. The predicted molar refractivity (Wildman–Crippen MR) is 242 cm³/mol. The van der Waals surface area contributed by atoms with Gasteiger partial charge in [-0.2, -0.15) is 0 Å². The maximum atomic E-state index is 12.4. The summed E-state index contributed by atoms with van der Waals surface area (Å²) >= 11 is 0. The number of benzene rings is 4. The maximum Gasteiger partial charge on any atom is 0.186 e. The highest BCUT2D eigenvalue weighted by molar-refractivity contribution is 5.18. The smallest absolute Gasteiger partial charge is 0.186 e. The first kappa shape index (κ1) is 49.1. The largest absolute Gasteiger partial charge is 0.388 e. The van der Waals surface area contributed by atoms with Gasteiger partial charge in [0.2, 0.25) is 0 Å². The van der Waals surface area contributed by atoms with Crippen molar-refractivity contribution in [3.05, 3.63) is 185 Å². The van der Waals surface area contributed by atoms with Crippen LogP contribution in [0.15, 0.2) is 142 Å². The first-order chi connectivity index (χ1) is 33.9. The van der Waals surface area contributed by atoms with Crippen LogP contribution in [0.3, 0.4) is 0 Å². The molecule has 69 heavy (non-hydrogen) atoms. The lowest BCUT2D eigenvalue weighted by Crippen LogP contribution is -2.66. The van der Waals surface area contributed by atoms with E-state index in [0.717, 1.165) is 22.3 Å². The molecule has 0 aromatic heterocycles. The van der Waals surface area contributed by atoms with Gasteiger partial charge in [-0.15, -0.1) is 0 Å². The first-order valence-electron chi connectivity index (χ1n) is 22.3. The SMILES string of the molecule is [N-]=[N+]=NC[C@H]1O[C@H](O[C@H]2[C@H](O)[C@@H](O[C@H]3O[C@@H]4COC(c5ccccc5)O[C@H]4[C@H](N=[N+]=[N-])[C@H]3OCc3ccccc3)[C@H](N=[N+]=[N-])C[C@@H]2N=[N+]=[N-])[C@H](O)[C@@H](OCc2ccccc2)[C@@H]1OCc1ccccc1. The van der Waals surface area contributed by atoms with Gasteiger partial charge >= 0.3 is 0 Å². The van der Waals surface area contributed by atoms with Gasteiger partial charge in [0.15, 0.2) is 18.9 Å². The summed E-state index contributed by atoms with van der Waals surface area (Å²) in [7, 11) is 0. The van der Waals surface area contributed by atoms with Crippen LogP contribution in [0.2, 0.25) is 0 Å². The highest BCUT2D eigenvalue weighted by atomic mass is 16.8. The maximum absolute atomic E-state index is 12.4. The standard InChI is InChI=1S/C46H50N12O11/c47-55-51-22-33-41(61-23-27-13-5-1-6-14-27)43(63-25-29-17-9-3-10-18-29)37(60)45(65-33)67-38-31(52-56-48)21-32(53-57-49)39(36(38)59)68-46-42(62-24-28-15-7-2-8-16-28)35(54-58-50)40-34(66-46)26-64-44(69-40)30-19-11-4-12-20-30/h1-20,31-46,59-60H,21-26H2/t31-,32+,33+,34+,35-,36-,37+,38+,39-,40+,41+,42+,43+,44?,45+,46+/m0/s1. The highest BCUT2D eigenvalue weighted by Gasteiger charge is 2.55. The van der Waals surface area contributed by atoms with Gasteiger partial charge in [0.25, 0.3) is 0 Å². The van der Waals surface area contributed by atoms with Gasteiger partial charge in [0.1, 0.15) is 42.7 Å². The lowest BCUT2D eigenvalue weighted by atomic mass is 9.84. The van der Waals surface area contributed by atoms with E-state index in [0.29, 0.717) is 0 Å². The second kappa shape index (κ2) is 24.3. The van der Waals surface area contributed by atoms with E-state index in [1.54, 1.807) is 0 Å². The van der Waals surface area contributed by atoms with Crippen LogP contribution in [0.1, 0.15) is 35.0 Å². The highest BCUT2D eigenvalue weighted by Crippen LogP contribution is 2.40. The first-order valence-corrected chi connectivity index (χ1v) is 22.3. The predicted octanol–water partition coefficient (Wildman–Crippen LogP) is 7.55. The fraction of sp³-hybridized carbons (Fsp3) is 0.478. The van der Waals surface area contributed by atoms with E-state index in [1.165, 1.54) is 0 Å². The molecule has 4 aromatic rings. The van der Waals surface area contributed by atoms with Gasteiger partial charge in [-0.25, -0.2) is 0 Å². The van der Waals surface area contributed by atoms with Gasteiger partial charge in [0, 0.05) is 25.2 Å². The number of aliphatic hydroxyl groups excluding tert-OH is 2. The van der Waals surface area contributed by atoms with E-state index in [1.807, 2.05) is 121 Å².